The topological polar surface area (TPSA) is 26.3 Å². The van der Waals surface area contributed by atoms with Crippen molar-refractivity contribution in [2.24, 2.45) is 0 Å². The van der Waals surface area contributed by atoms with Crippen LogP contribution in [0.1, 0.15) is 72.1 Å². The van der Waals surface area contributed by atoms with Crippen molar-refractivity contribution in [3.05, 3.63) is 0 Å². The highest BCUT2D eigenvalue weighted by atomic mass is 32.2. The Morgan fingerprint density at radius 2 is 1.90 bits per heavy atom. The second-order valence-corrected chi connectivity index (χ2v) is 7.00. The monoisotopic (exact) mass is 324 g/mol. The Hall–Kier alpha value is -0.320. The minimum absolute atomic E-state index is 0.0436. The highest BCUT2D eigenvalue weighted by Gasteiger charge is 2.19. The first kappa shape index (κ1) is 20.7. The number of carbonyl (C=O) groups excluding carboxylic acids is 1. The van der Waals surface area contributed by atoms with Crippen LogP contribution in [0.2, 0.25) is 0 Å². The normalized spacial score (nSPS) is 13.2. The number of alkyl halides is 2. The molecule has 5 heteroatoms. The van der Waals surface area contributed by atoms with Crippen molar-refractivity contribution in [2.75, 3.05) is 12.4 Å². The molecule has 0 amide bonds. The second kappa shape index (κ2) is 12.2. The number of carbonyl (C=O) groups is 1. The molecule has 0 spiro atoms. The molecule has 0 N–H and O–H groups in total. The molecule has 0 radical (unpaired) electrons. The molecule has 0 aromatic carbocycles. The molecular weight excluding hydrogens is 294 g/mol. The van der Waals surface area contributed by atoms with E-state index in [0.717, 1.165) is 44.8 Å². The van der Waals surface area contributed by atoms with E-state index in [4.69, 9.17) is 4.74 Å². The summed E-state index contributed by atoms with van der Waals surface area (Å²) in [7, 11) is 0. The molecule has 0 heterocycles. The fourth-order valence-corrected chi connectivity index (χ4v) is 3.17. The summed E-state index contributed by atoms with van der Waals surface area (Å²) in [6.45, 7) is 5.56. The zero-order valence-electron chi connectivity index (χ0n) is 13.6. The summed E-state index contributed by atoms with van der Waals surface area (Å²) in [5, 5.41) is 0.294. The predicted molar refractivity (Wildman–Crippen MR) is 86.1 cm³/mol. The van der Waals surface area contributed by atoms with Gasteiger partial charge in [0.2, 0.25) is 5.92 Å². The first-order chi connectivity index (χ1) is 9.89. The van der Waals surface area contributed by atoms with Crippen LogP contribution >= 0.6 is 11.8 Å². The van der Waals surface area contributed by atoms with Crippen LogP contribution < -0.4 is 0 Å². The quantitative estimate of drug-likeness (QED) is 0.333. The molecule has 21 heavy (non-hydrogen) atoms. The van der Waals surface area contributed by atoms with Crippen LogP contribution in [0, 0.1) is 0 Å². The van der Waals surface area contributed by atoms with Crippen molar-refractivity contribution in [1.82, 2.24) is 0 Å². The molecule has 0 fully saturated rings. The lowest BCUT2D eigenvalue weighted by atomic mass is 10.2. The van der Waals surface area contributed by atoms with Gasteiger partial charge in [0.15, 0.2) is 0 Å². The zero-order chi connectivity index (χ0) is 16.1. The SMILES string of the molecule is CCCCC(=O)OCC(CCC)SCCCCC(C)(F)F. The van der Waals surface area contributed by atoms with Crippen molar-refractivity contribution in [1.29, 1.82) is 0 Å². The van der Waals surface area contributed by atoms with Gasteiger partial charge in [-0.1, -0.05) is 26.7 Å². The second-order valence-electron chi connectivity index (χ2n) is 5.60. The van der Waals surface area contributed by atoms with Gasteiger partial charge < -0.3 is 4.74 Å². The third-order valence-electron chi connectivity index (χ3n) is 3.14. The molecular formula is C16H30F2O2S. The van der Waals surface area contributed by atoms with E-state index in [1.807, 2.05) is 6.92 Å². The van der Waals surface area contributed by atoms with Crippen molar-refractivity contribution in [2.45, 2.75) is 83.3 Å². The van der Waals surface area contributed by atoms with Gasteiger partial charge in [0, 0.05) is 18.1 Å². The summed E-state index contributed by atoms with van der Waals surface area (Å²) in [4.78, 5) is 11.5. The minimum Gasteiger partial charge on any atom is -0.464 e. The van der Waals surface area contributed by atoms with Crippen molar-refractivity contribution in [3.8, 4) is 0 Å². The van der Waals surface area contributed by atoms with Gasteiger partial charge in [0.05, 0.1) is 0 Å². The molecule has 1 atom stereocenters. The van der Waals surface area contributed by atoms with Crippen LogP contribution in [0.4, 0.5) is 8.78 Å². The Balaban J connectivity index is 3.78. The number of hydrogen-bond acceptors (Lipinski definition) is 3. The van der Waals surface area contributed by atoms with E-state index in [1.54, 1.807) is 11.8 Å². The van der Waals surface area contributed by atoms with Gasteiger partial charge in [-0.15, -0.1) is 0 Å². The number of hydrogen-bond donors (Lipinski definition) is 0. The first-order valence-electron chi connectivity index (χ1n) is 8.04. The van der Waals surface area contributed by atoms with Gasteiger partial charge in [-0.25, -0.2) is 8.78 Å². The lowest BCUT2D eigenvalue weighted by Gasteiger charge is -2.16. The highest BCUT2D eigenvalue weighted by molar-refractivity contribution is 7.99. The average molecular weight is 324 g/mol. The van der Waals surface area contributed by atoms with Gasteiger partial charge in [0.1, 0.15) is 6.61 Å². The maximum absolute atomic E-state index is 12.7. The van der Waals surface area contributed by atoms with E-state index >= 15 is 0 Å². The Morgan fingerprint density at radius 3 is 2.48 bits per heavy atom. The van der Waals surface area contributed by atoms with Crippen molar-refractivity contribution < 1.29 is 18.3 Å². The maximum Gasteiger partial charge on any atom is 0.305 e. The highest BCUT2D eigenvalue weighted by Crippen LogP contribution is 2.23. The molecule has 0 aliphatic carbocycles. The largest absolute Gasteiger partial charge is 0.464 e. The standard InChI is InChI=1S/C16H30F2O2S/c1-4-6-10-15(19)20-13-14(9-5-2)21-12-8-7-11-16(3,17)18/h14H,4-13H2,1-3H3. The number of unbranched alkanes of at least 4 members (excludes halogenated alkanes) is 2. The number of rotatable bonds is 13. The number of thioether (sulfide) groups is 1. The van der Waals surface area contributed by atoms with E-state index in [9.17, 15) is 13.6 Å². The minimum atomic E-state index is -2.55. The van der Waals surface area contributed by atoms with Crippen LogP contribution in [0.25, 0.3) is 0 Å². The molecule has 0 aliphatic heterocycles. The van der Waals surface area contributed by atoms with E-state index < -0.39 is 5.92 Å². The molecule has 0 aromatic rings. The smallest absolute Gasteiger partial charge is 0.305 e. The van der Waals surface area contributed by atoms with Gasteiger partial charge in [-0.05, 0) is 38.4 Å². The third kappa shape index (κ3) is 14.4. The summed E-state index contributed by atoms with van der Waals surface area (Å²) in [6.07, 6.45) is 5.68. The van der Waals surface area contributed by atoms with Crippen LogP contribution in [0.5, 0.6) is 0 Å². The van der Waals surface area contributed by atoms with Crippen molar-refractivity contribution >= 4 is 17.7 Å². The van der Waals surface area contributed by atoms with Gasteiger partial charge in [0.25, 0.3) is 0 Å². The van der Waals surface area contributed by atoms with Crippen LogP contribution in [0.15, 0.2) is 0 Å². The fraction of sp³-hybridized carbons (Fsp3) is 0.938. The third-order valence-corrected chi connectivity index (χ3v) is 4.51. The maximum atomic E-state index is 12.7. The summed E-state index contributed by atoms with van der Waals surface area (Å²) in [6, 6.07) is 0. The summed E-state index contributed by atoms with van der Waals surface area (Å²) in [5.74, 6) is -1.82. The van der Waals surface area contributed by atoms with Crippen LogP contribution in [-0.2, 0) is 9.53 Å². The van der Waals surface area contributed by atoms with Gasteiger partial charge >= 0.3 is 5.97 Å². The number of ether oxygens (including phenoxy) is 1. The van der Waals surface area contributed by atoms with Gasteiger partial charge in [-0.2, -0.15) is 11.8 Å². The molecule has 1 unspecified atom stereocenters. The molecule has 126 valence electrons. The van der Waals surface area contributed by atoms with E-state index in [2.05, 4.69) is 6.92 Å². The fourth-order valence-electron chi connectivity index (χ4n) is 1.90. The average Bonchev–Trinajstić information content (AvgIpc) is 2.40. The Labute approximate surface area is 132 Å². The predicted octanol–water partition coefficient (Wildman–Crippen LogP) is 5.45. The number of halogens is 2. The van der Waals surface area contributed by atoms with Crippen molar-refractivity contribution in [3.63, 3.8) is 0 Å². The summed E-state index contributed by atoms with van der Waals surface area (Å²) < 4.78 is 30.6. The molecule has 0 rings (SSSR count). The Bertz CT molecular complexity index is 267. The van der Waals surface area contributed by atoms with E-state index in [-0.39, 0.29) is 12.4 Å². The summed E-state index contributed by atoms with van der Waals surface area (Å²) in [5.41, 5.74) is 0. The van der Waals surface area contributed by atoms with Crippen LogP contribution in [0.3, 0.4) is 0 Å². The lowest BCUT2D eigenvalue weighted by molar-refractivity contribution is -0.143. The molecule has 0 aliphatic rings. The number of esters is 1. The molecule has 0 saturated heterocycles. The zero-order valence-corrected chi connectivity index (χ0v) is 14.4. The first-order valence-corrected chi connectivity index (χ1v) is 9.09. The molecule has 2 nitrogen and oxygen atoms in total. The van der Waals surface area contributed by atoms with Gasteiger partial charge in [-0.3, -0.25) is 4.79 Å². The molecule has 0 saturated carbocycles. The Morgan fingerprint density at radius 1 is 1.19 bits per heavy atom. The summed E-state index contributed by atoms with van der Waals surface area (Å²) >= 11 is 1.74. The van der Waals surface area contributed by atoms with E-state index in [0.29, 0.717) is 24.7 Å². The lowest BCUT2D eigenvalue weighted by Crippen LogP contribution is -2.16. The van der Waals surface area contributed by atoms with E-state index in [1.165, 1.54) is 0 Å². The molecule has 0 bridgehead atoms. The van der Waals surface area contributed by atoms with Crippen LogP contribution in [-0.4, -0.2) is 29.5 Å². The Kier molecular flexibility index (Phi) is 12.1. The molecule has 0 aromatic heterocycles.